The smallest absolute Gasteiger partial charge is 0.462 e. The molecule has 0 saturated heterocycles. The number of nitrogens with two attached hydrogens (primary N) is 1. The molecule has 0 aliphatic rings. The molecule has 0 aliphatic carbocycles. The lowest BCUT2D eigenvalue weighted by atomic mass is 10.0. The second-order valence-electron chi connectivity index (χ2n) is 14.9. The zero-order valence-corrected chi connectivity index (χ0v) is 35.4. The van der Waals surface area contributed by atoms with E-state index in [9.17, 15) is 19.0 Å². The Morgan fingerprint density at radius 1 is 0.547 bits per heavy atom. The number of unbranched alkanes of at least 4 members (excludes halogenated alkanes) is 27. The summed E-state index contributed by atoms with van der Waals surface area (Å²) in [5.41, 5.74) is 5.35. The first-order chi connectivity index (χ1) is 25.8. The number of rotatable bonds is 42. The Labute approximate surface area is 326 Å². The van der Waals surface area contributed by atoms with Gasteiger partial charge in [0.1, 0.15) is 6.61 Å². The molecule has 2 atom stereocenters. The molecule has 2 unspecified atom stereocenters. The number of esters is 2. The molecule has 10 heteroatoms. The van der Waals surface area contributed by atoms with E-state index in [1.807, 2.05) is 0 Å². The third-order valence-corrected chi connectivity index (χ3v) is 10.6. The number of phosphoric acid groups is 1. The molecule has 0 saturated carbocycles. The summed E-state index contributed by atoms with van der Waals surface area (Å²) in [5.74, 6) is -0.820. The Morgan fingerprint density at radius 2 is 0.925 bits per heavy atom. The van der Waals surface area contributed by atoms with Crippen LogP contribution < -0.4 is 5.73 Å². The molecule has 0 radical (unpaired) electrons. The molecular formula is C43H84NO8P. The summed E-state index contributed by atoms with van der Waals surface area (Å²) in [4.78, 5) is 34.8. The minimum absolute atomic E-state index is 0.0559. The molecule has 0 bridgehead atoms. The SMILES string of the molecule is CCCCCCCCC=CCCCCCCCCCCCC(=O)OC(COC(=O)CCCCCCCCCCCCCCC)COP(=O)(O)OCCN. The number of carbonyl (C=O) groups excluding carboxylic acids is 2. The largest absolute Gasteiger partial charge is 0.472 e. The highest BCUT2D eigenvalue weighted by molar-refractivity contribution is 7.47. The van der Waals surface area contributed by atoms with Crippen molar-refractivity contribution < 1.29 is 37.6 Å². The van der Waals surface area contributed by atoms with Gasteiger partial charge in [-0.1, -0.05) is 180 Å². The summed E-state index contributed by atoms with van der Waals surface area (Å²) in [6.07, 6.45) is 40.9. The molecule has 314 valence electrons. The van der Waals surface area contributed by atoms with Gasteiger partial charge in [-0.15, -0.1) is 0 Å². The fourth-order valence-corrected chi connectivity index (χ4v) is 7.10. The van der Waals surface area contributed by atoms with Crippen molar-refractivity contribution in [2.75, 3.05) is 26.4 Å². The quantitative estimate of drug-likeness (QED) is 0.0269. The molecule has 0 aliphatic heterocycles. The van der Waals surface area contributed by atoms with Crippen LogP contribution in [0, 0.1) is 0 Å². The fourth-order valence-electron chi connectivity index (χ4n) is 6.34. The molecule has 3 N–H and O–H groups in total. The van der Waals surface area contributed by atoms with Gasteiger partial charge >= 0.3 is 19.8 Å². The van der Waals surface area contributed by atoms with Crippen LogP contribution in [-0.4, -0.2) is 49.3 Å². The van der Waals surface area contributed by atoms with Crippen molar-refractivity contribution in [1.29, 1.82) is 0 Å². The maximum atomic E-state index is 12.6. The predicted octanol–water partition coefficient (Wildman–Crippen LogP) is 12.6. The Bertz CT molecular complexity index is 886. The summed E-state index contributed by atoms with van der Waals surface area (Å²) in [7, 11) is -4.37. The van der Waals surface area contributed by atoms with E-state index in [4.69, 9.17) is 24.3 Å². The first-order valence-corrected chi connectivity index (χ1v) is 23.7. The number of hydrogen-bond donors (Lipinski definition) is 2. The van der Waals surface area contributed by atoms with Crippen LogP contribution in [0.4, 0.5) is 0 Å². The monoisotopic (exact) mass is 774 g/mol. The van der Waals surface area contributed by atoms with Crippen molar-refractivity contribution in [3.05, 3.63) is 12.2 Å². The van der Waals surface area contributed by atoms with Gasteiger partial charge in [0.15, 0.2) is 6.10 Å². The highest BCUT2D eigenvalue weighted by Gasteiger charge is 2.26. The van der Waals surface area contributed by atoms with Gasteiger partial charge in [-0.25, -0.2) is 4.57 Å². The summed E-state index contributed by atoms with van der Waals surface area (Å²) in [6, 6.07) is 0. The number of carbonyl (C=O) groups is 2. The summed E-state index contributed by atoms with van der Waals surface area (Å²) >= 11 is 0. The van der Waals surface area contributed by atoms with E-state index in [1.165, 1.54) is 148 Å². The van der Waals surface area contributed by atoms with E-state index in [1.54, 1.807) is 0 Å². The van der Waals surface area contributed by atoms with E-state index in [0.717, 1.165) is 38.5 Å². The van der Waals surface area contributed by atoms with Crippen molar-refractivity contribution in [3.63, 3.8) is 0 Å². The number of ether oxygens (including phenoxy) is 2. The molecule has 0 spiro atoms. The lowest BCUT2D eigenvalue weighted by Gasteiger charge is -2.19. The van der Waals surface area contributed by atoms with Crippen molar-refractivity contribution >= 4 is 19.8 Å². The normalized spacial score (nSPS) is 13.4. The zero-order chi connectivity index (χ0) is 38.9. The Balaban J connectivity index is 4.10. The van der Waals surface area contributed by atoms with Crippen LogP contribution in [-0.2, 0) is 32.7 Å². The molecular weight excluding hydrogens is 689 g/mol. The fraction of sp³-hybridized carbons (Fsp3) is 0.907. The van der Waals surface area contributed by atoms with Crippen LogP contribution in [0.15, 0.2) is 12.2 Å². The predicted molar refractivity (Wildman–Crippen MR) is 220 cm³/mol. The second kappa shape index (κ2) is 40.4. The van der Waals surface area contributed by atoms with Crippen LogP contribution in [0.1, 0.15) is 219 Å². The molecule has 0 rings (SSSR count). The molecule has 0 amide bonds. The highest BCUT2D eigenvalue weighted by atomic mass is 31.2. The molecule has 9 nitrogen and oxygen atoms in total. The minimum Gasteiger partial charge on any atom is -0.462 e. The van der Waals surface area contributed by atoms with Crippen LogP contribution in [0.3, 0.4) is 0 Å². The summed E-state index contributed by atoms with van der Waals surface area (Å²) in [5, 5.41) is 0. The second-order valence-corrected chi connectivity index (χ2v) is 16.4. The van der Waals surface area contributed by atoms with E-state index in [0.29, 0.717) is 6.42 Å². The van der Waals surface area contributed by atoms with Gasteiger partial charge in [0.05, 0.1) is 13.2 Å². The molecule has 0 aromatic rings. The van der Waals surface area contributed by atoms with E-state index in [-0.39, 0.29) is 38.6 Å². The summed E-state index contributed by atoms with van der Waals surface area (Å²) in [6.45, 7) is 3.75. The van der Waals surface area contributed by atoms with Crippen molar-refractivity contribution in [1.82, 2.24) is 0 Å². The van der Waals surface area contributed by atoms with Crippen LogP contribution in [0.2, 0.25) is 0 Å². The highest BCUT2D eigenvalue weighted by Crippen LogP contribution is 2.43. The molecule has 53 heavy (non-hydrogen) atoms. The zero-order valence-electron chi connectivity index (χ0n) is 34.5. The Morgan fingerprint density at radius 3 is 1.34 bits per heavy atom. The number of phosphoric ester groups is 1. The molecule has 0 aromatic carbocycles. The van der Waals surface area contributed by atoms with Crippen molar-refractivity contribution in [3.8, 4) is 0 Å². The van der Waals surface area contributed by atoms with E-state index < -0.39 is 26.5 Å². The Hall–Kier alpha value is -1.25. The number of allylic oxidation sites excluding steroid dienone is 2. The maximum absolute atomic E-state index is 12.6. The first kappa shape index (κ1) is 51.8. The van der Waals surface area contributed by atoms with E-state index >= 15 is 0 Å². The van der Waals surface area contributed by atoms with Gasteiger partial charge in [-0.3, -0.25) is 18.6 Å². The third kappa shape index (κ3) is 40.2. The molecule has 0 fully saturated rings. The number of hydrogen-bond acceptors (Lipinski definition) is 8. The Kier molecular flexibility index (Phi) is 39.5. The van der Waals surface area contributed by atoms with E-state index in [2.05, 4.69) is 26.0 Å². The average molecular weight is 774 g/mol. The van der Waals surface area contributed by atoms with Crippen molar-refractivity contribution in [2.24, 2.45) is 5.73 Å². The van der Waals surface area contributed by atoms with Crippen LogP contribution >= 0.6 is 7.82 Å². The third-order valence-electron chi connectivity index (χ3n) is 9.65. The van der Waals surface area contributed by atoms with Gasteiger partial charge in [0, 0.05) is 19.4 Å². The lowest BCUT2D eigenvalue weighted by molar-refractivity contribution is -0.161. The average Bonchev–Trinajstić information content (AvgIpc) is 3.14. The molecule has 0 aromatic heterocycles. The standard InChI is InChI=1S/C43H84NO8P/c1-3-5-7-9-11-13-15-17-18-19-20-21-22-24-26-28-30-32-34-36-43(46)52-41(40-51-53(47,48)50-38-37-44)39-49-42(45)35-33-31-29-27-25-23-16-14-12-10-8-6-4-2/h17-18,41H,3-16,19-40,44H2,1-2H3,(H,47,48). The topological polar surface area (TPSA) is 134 Å². The first-order valence-electron chi connectivity index (χ1n) is 22.2. The summed E-state index contributed by atoms with van der Waals surface area (Å²) < 4.78 is 32.8. The van der Waals surface area contributed by atoms with Crippen LogP contribution in [0.25, 0.3) is 0 Å². The van der Waals surface area contributed by atoms with Crippen LogP contribution in [0.5, 0.6) is 0 Å². The van der Waals surface area contributed by atoms with Gasteiger partial charge in [-0.2, -0.15) is 0 Å². The van der Waals surface area contributed by atoms with Gasteiger partial charge in [0.25, 0.3) is 0 Å². The maximum Gasteiger partial charge on any atom is 0.472 e. The van der Waals surface area contributed by atoms with Gasteiger partial charge < -0.3 is 20.1 Å². The van der Waals surface area contributed by atoms with Gasteiger partial charge in [-0.05, 0) is 38.5 Å². The molecule has 0 heterocycles. The minimum atomic E-state index is -4.37. The lowest BCUT2D eigenvalue weighted by Crippen LogP contribution is -2.29. The van der Waals surface area contributed by atoms with Crippen molar-refractivity contribution in [2.45, 2.75) is 225 Å². The van der Waals surface area contributed by atoms with Gasteiger partial charge in [0.2, 0.25) is 0 Å².